The molecule has 0 aliphatic carbocycles. The summed E-state index contributed by atoms with van der Waals surface area (Å²) in [5.74, 6) is -0.209. The summed E-state index contributed by atoms with van der Waals surface area (Å²) in [5.41, 5.74) is 14.9. The number of benzene rings is 3. The van der Waals surface area contributed by atoms with E-state index >= 15 is 0 Å². The summed E-state index contributed by atoms with van der Waals surface area (Å²) in [5, 5.41) is 0.860. The number of esters is 1. The molecule has 7 nitrogen and oxygen atoms in total. The van der Waals surface area contributed by atoms with Gasteiger partial charge in [0.25, 0.3) is 0 Å². The molecule has 4 rings (SSSR count). The van der Waals surface area contributed by atoms with Gasteiger partial charge in [0.05, 0.1) is 16.9 Å². The molecule has 0 radical (unpaired) electrons. The van der Waals surface area contributed by atoms with Crippen LogP contribution in [-0.4, -0.2) is 22.7 Å². The third-order valence-electron chi connectivity index (χ3n) is 4.95. The Bertz CT molecular complexity index is 1320. The molecule has 0 fully saturated rings. The zero-order chi connectivity index (χ0) is 22.7. The summed E-state index contributed by atoms with van der Waals surface area (Å²) >= 11 is 0. The maximum absolute atomic E-state index is 12.7. The van der Waals surface area contributed by atoms with E-state index in [2.05, 4.69) is 9.98 Å². The topological polar surface area (TPSA) is 124 Å². The van der Waals surface area contributed by atoms with Gasteiger partial charge in [-0.05, 0) is 55.0 Å². The highest BCUT2D eigenvalue weighted by Crippen LogP contribution is 2.23. The number of nitrogens with two attached hydrogens (primary N) is 2. The molecule has 0 unspecified atom stereocenters. The average molecular weight is 426 g/mol. The van der Waals surface area contributed by atoms with Crippen LogP contribution in [0, 0.1) is 6.92 Å². The minimum Gasteiger partial charge on any atom is -0.423 e. The number of ketones is 1. The number of aromatic nitrogens is 1. The van der Waals surface area contributed by atoms with Crippen LogP contribution in [-0.2, 0) is 6.42 Å². The molecule has 4 aromatic rings. The van der Waals surface area contributed by atoms with Crippen LogP contribution in [0.5, 0.6) is 5.75 Å². The molecule has 0 amide bonds. The second-order valence-corrected chi connectivity index (χ2v) is 7.49. The largest absolute Gasteiger partial charge is 0.423 e. The second-order valence-electron chi connectivity index (χ2n) is 7.49. The zero-order valence-corrected chi connectivity index (χ0v) is 17.5. The van der Waals surface area contributed by atoms with Crippen LogP contribution >= 0.6 is 0 Å². The second kappa shape index (κ2) is 8.77. The molecule has 32 heavy (non-hydrogen) atoms. The molecule has 0 atom stereocenters. The van der Waals surface area contributed by atoms with E-state index in [0.29, 0.717) is 34.6 Å². The molecule has 0 spiro atoms. The first-order valence-electron chi connectivity index (χ1n) is 10.0. The maximum atomic E-state index is 12.7. The lowest BCUT2D eigenvalue weighted by Crippen LogP contribution is -2.21. The van der Waals surface area contributed by atoms with Crippen molar-refractivity contribution in [2.45, 2.75) is 13.3 Å². The van der Waals surface area contributed by atoms with Gasteiger partial charge in [0.15, 0.2) is 11.7 Å². The standard InChI is InChI=1S/C25H22N4O3/c1-15-2-4-16(5-3-15)12-23(30)22-13-18-8-11-20(14-21(18)29-22)32-24(31)17-6-9-19(10-7-17)28-25(26)27/h2-11,13-14,29H,12H2,1H3,(H4,26,27,28). The average Bonchev–Trinajstić information content (AvgIpc) is 3.19. The fourth-order valence-corrected chi connectivity index (χ4v) is 3.29. The summed E-state index contributed by atoms with van der Waals surface area (Å²) in [4.78, 5) is 32.2. The van der Waals surface area contributed by atoms with Crippen LogP contribution in [0.15, 0.2) is 77.8 Å². The van der Waals surface area contributed by atoms with Gasteiger partial charge in [0.1, 0.15) is 5.75 Å². The number of carbonyl (C=O) groups excluding carboxylic acids is 2. The number of H-pyrrole nitrogens is 1. The minimum atomic E-state index is -0.511. The van der Waals surface area contributed by atoms with Gasteiger partial charge in [-0.3, -0.25) is 4.79 Å². The van der Waals surface area contributed by atoms with Crippen LogP contribution in [0.25, 0.3) is 10.9 Å². The van der Waals surface area contributed by atoms with Gasteiger partial charge < -0.3 is 21.2 Å². The number of carbonyl (C=O) groups is 2. The number of fused-ring (bicyclic) bond motifs is 1. The van der Waals surface area contributed by atoms with Gasteiger partial charge >= 0.3 is 5.97 Å². The first kappa shape index (κ1) is 20.9. The van der Waals surface area contributed by atoms with Crippen molar-refractivity contribution >= 4 is 34.3 Å². The summed E-state index contributed by atoms with van der Waals surface area (Å²) in [6, 6.07) is 21.3. The van der Waals surface area contributed by atoms with Crippen LogP contribution in [0.2, 0.25) is 0 Å². The van der Waals surface area contributed by atoms with Gasteiger partial charge in [-0.1, -0.05) is 29.8 Å². The fourth-order valence-electron chi connectivity index (χ4n) is 3.29. The quantitative estimate of drug-likeness (QED) is 0.141. The number of aliphatic imine (C=N–C) groups is 1. The number of guanidine groups is 1. The van der Waals surface area contributed by atoms with E-state index < -0.39 is 5.97 Å². The number of aryl methyl sites for hydroxylation is 1. The molecule has 3 aromatic carbocycles. The Morgan fingerprint density at radius 2 is 1.66 bits per heavy atom. The predicted octanol–water partition coefficient (Wildman–Crippen LogP) is 4.03. The van der Waals surface area contributed by atoms with E-state index in [-0.39, 0.29) is 11.7 Å². The molecule has 1 heterocycles. The van der Waals surface area contributed by atoms with Crippen molar-refractivity contribution in [3.8, 4) is 5.75 Å². The number of hydrogen-bond acceptors (Lipinski definition) is 4. The van der Waals surface area contributed by atoms with Crippen LogP contribution in [0.4, 0.5) is 5.69 Å². The van der Waals surface area contributed by atoms with Crippen molar-refractivity contribution in [2.24, 2.45) is 16.5 Å². The lowest BCUT2D eigenvalue weighted by atomic mass is 10.1. The Morgan fingerprint density at radius 3 is 2.34 bits per heavy atom. The normalized spacial score (nSPS) is 10.7. The third-order valence-corrected chi connectivity index (χ3v) is 4.95. The van der Waals surface area contributed by atoms with Gasteiger partial charge in [-0.15, -0.1) is 0 Å². The Labute approximate surface area is 184 Å². The number of Topliss-reactive ketones (excluding diaryl/α,β-unsaturated/α-hetero) is 1. The lowest BCUT2D eigenvalue weighted by molar-refractivity contribution is 0.0734. The van der Waals surface area contributed by atoms with E-state index in [0.717, 1.165) is 16.5 Å². The van der Waals surface area contributed by atoms with Crippen LogP contribution in [0.3, 0.4) is 0 Å². The van der Waals surface area contributed by atoms with E-state index in [1.54, 1.807) is 48.5 Å². The summed E-state index contributed by atoms with van der Waals surface area (Å²) in [6.07, 6.45) is 0.310. The number of nitrogens with one attached hydrogen (secondary N) is 1. The van der Waals surface area contributed by atoms with Crippen molar-refractivity contribution in [2.75, 3.05) is 0 Å². The maximum Gasteiger partial charge on any atom is 0.343 e. The van der Waals surface area contributed by atoms with Gasteiger partial charge in [0, 0.05) is 23.4 Å². The SMILES string of the molecule is Cc1ccc(CC(=O)c2cc3ccc(OC(=O)c4ccc(N=C(N)N)cc4)cc3[nH]2)cc1. The minimum absolute atomic E-state index is 0.00976. The zero-order valence-electron chi connectivity index (χ0n) is 17.5. The molecular weight excluding hydrogens is 404 g/mol. The number of nitrogens with zero attached hydrogens (tertiary/aromatic N) is 1. The van der Waals surface area contributed by atoms with Crippen molar-refractivity contribution in [1.82, 2.24) is 4.98 Å². The highest BCUT2D eigenvalue weighted by molar-refractivity contribution is 6.01. The molecule has 160 valence electrons. The molecule has 0 aliphatic heterocycles. The van der Waals surface area contributed by atoms with Gasteiger partial charge in [-0.2, -0.15) is 0 Å². The van der Waals surface area contributed by atoms with Crippen LogP contribution in [0.1, 0.15) is 32.0 Å². The molecule has 1 aromatic heterocycles. The van der Waals surface area contributed by atoms with Crippen molar-refractivity contribution in [1.29, 1.82) is 0 Å². The smallest absolute Gasteiger partial charge is 0.343 e. The Balaban J connectivity index is 1.47. The molecule has 0 saturated heterocycles. The summed E-state index contributed by atoms with van der Waals surface area (Å²) in [6.45, 7) is 2.01. The predicted molar refractivity (Wildman–Crippen MR) is 124 cm³/mol. The number of hydrogen-bond donors (Lipinski definition) is 3. The van der Waals surface area contributed by atoms with E-state index in [1.165, 1.54) is 0 Å². The van der Waals surface area contributed by atoms with E-state index in [9.17, 15) is 9.59 Å². The Kier molecular flexibility index (Phi) is 5.72. The molecule has 7 heteroatoms. The molecule has 0 aliphatic rings. The lowest BCUT2D eigenvalue weighted by Gasteiger charge is -2.05. The molecule has 5 N–H and O–H groups in total. The Hall–Kier alpha value is -4.39. The first-order valence-corrected chi connectivity index (χ1v) is 10.0. The van der Waals surface area contributed by atoms with Gasteiger partial charge in [0.2, 0.25) is 0 Å². The summed E-state index contributed by atoms with van der Waals surface area (Å²) in [7, 11) is 0. The monoisotopic (exact) mass is 426 g/mol. The number of ether oxygens (including phenoxy) is 1. The molecule has 0 bridgehead atoms. The third kappa shape index (κ3) is 4.84. The highest BCUT2D eigenvalue weighted by atomic mass is 16.5. The van der Waals surface area contributed by atoms with Crippen molar-refractivity contribution in [3.05, 3.63) is 95.2 Å². The van der Waals surface area contributed by atoms with Crippen molar-refractivity contribution in [3.63, 3.8) is 0 Å². The molecule has 0 saturated carbocycles. The summed E-state index contributed by atoms with van der Waals surface area (Å²) < 4.78 is 5.48. The molecular formula is C25H22N4O3. The van der Waals surface area contributed by atoms with E-state index in [1.807, 2.05) is 31.2 Å². The first-order chi connectivity index (χ1) is 15.4. The Morgan fingerprint density at radius 1 is 0.938 bits per heavy atom. The number of aromatic amines is 1. The highest BCUT2D eigenvalue weighted by Gasteiger charge is 2.13. The fraction of sp³-hybridized carbons (Fsp3) is 0.0800. The van der Waals surface area contributed by atoms with Crippen molar-refractivity contribution < 1.29 is 14.3 Å². The number of rotatable bonds is 6. The van der Waals surface area contributed by atoms with Gasteiger partial charge in [-0.25, -0.2) is 9.79 Å². The van der Waals surface area contributed by atoms with Crippen LogP contribution < -0.4 is 16.2 Å². The van der Waals surface area contributed by atoms with E-state index in [4.69, 9.17) is 16.2 Å².